The number of hydrogen-bond acceptors (Lipinski definition) is 5. The fraction of sp³-hybridized carbons (Fsp3) is 0.214. The number of ether oxygens (including phenoxy) is 3. The van der Waals surface area contributed by atoms with Crippen molar-refractivity contribution in [3.63, 3.8) is 0 Å². The monoisotopic (exact) mass is 338 g/mol. The summed E-state index contributed by atoms with van der Waals surface area (Å²) in [4.78, 5) is 3.99. The summed E-state index contributed by atoms with van der Waals surface area (Å²) in [7, 11) is 1.63. The summed E-state index contributed by atoms with van der Waals surface area (Å²) in [6, 6.07) is 9.14. The SMILES string of the molecule is COc1ccc(OCCOc2cc(Br)cnc2N)cc1. The Morgan fingerprint density at radius 3 is 2.45 bits per heavy atom. The second kappa shape index (κ2) is 7.00. The van der Waals surface area contributed by atoms with E-state index in [-0.39, 0.29) is 0 Å². The van der Waals surface area contributed by atoms with Gasteiger partial charge in [-0.2, -0.15) is 0 Å². The third-order valence-corrected chi connectivity index (χ3v) is 2.95. The second-order valence-corrected chi connectivity index (χ2v) is 4.83. The predicted octanol–water partition coefficient (Wildman–Crippen LogP) is 2.89. The lowest BCUT2D eigenvalue weighted by Crippen LogP contribution is -2.10. The van der Waals surface area contributed by atoms with Crippen molar-refractivity contribution >= 4 is 21.7 Å². The fourth-order valence-electron chi connectivity index (χ4n) is 1.53. The molecule has 20 heavy (non-hydrogen) atoms. The van der Waals surface area contributed by atoms with E-state index < -0.39 is 0 Å². The summed E-state index contributed by atoms with van der Waals surface area (Å²) in [5, 5.41) is 0. The second-order valence-electron chi connectivity index (χ2n) is 3.91. The van der Waals surface area contributed by atoms with Gasteiger partial charge in [-0.3, -0.25) is 0 Å². The minimum absolute atomic E-state index is 0.359. The van der Waals surface area contributed by atoms with Crippen LogP contribution in [0.5, 0.6) is 17.2 Å². The first-order valence-electron chi connectivity index (χ1n) is 5.99. The van der Waals surface area contributed by atoms with Gasteiger partial charge in [0, 0.05) is 10.7 Å². The minimum Gasteiger partial charge on any atom is -0.497 e. The van der Waals surface area contributed by atoms with Crippen LogP contribution in [0.3, 0.4) is 0 Å². The van der Waals surface area contributed by atoms with E-state index >= 15 is 0 Å². The van der Waals surface area contributed by atoms with Gasteiger partial charge in [0.2, 0.25) is 0 Å². The Morgan fingerprint density at radius 1 is 1.10 bits per heavy atom. The molecule has 0 bridgehead atoms. The van der Waals surface area contributed by atoms with E-state index in [0.717, 1.165) is 16.0 Å². The Balaban J connectivity index is 1.79. The standard InChI is InChI=1S/C14H15BrN2O3/c1-18-11-2-4-12(5-3-11)19-6-7-20-13-8-10(15)9-17-14(13)16/h2-5,8-9H,6-7H2,1H3,(H2,16,17). The molecule has 2 N–H and O–H groups in total. The van der Waals surface area contributed by atoms with Crippen molar-refractivity contribution in [1.82, 2.24) is 4.98 Å². The molecule has 0 aliphatic carbocycles. The van der Waals surface area contributed by atoms with Crippen LogP contribution in [0.15, 0.2) is 41.0 Å². The molecule has 1 heterocycles. The molecule has 6 heteroatoms. The number of halogens is 1. The van der Waals surface area contributed by atoms with Gasteiger partial charge >= 0.3 is 0 Å². The number of benzene rings is 1. The summed E-state index contributed by atoms with van der Waals surface area (Å²) < 4.78 is 16.9. The minimum atomic E-state index is 0.359. The Morgan fingerprint density at radius 2 is 1.75 bits per heavy atom. The summed E-state index contributed by atoms with van der Waals surface area (Å²) in [5.41, 5.74) is 5.70. The third kappa shape index (κ3) is 4.03. The molecule has 106 valence electrons. The number of hydrogen-bond donors (Lipinski definition) is 1. The van der Waals surface area contributed by atoms with Crippen LogP contribution in [-0.2, 0) is 0 Å². The molecular formula is C14H15BrN2O3. The Kier molecular flexibility index (Phi) is 5.06. The number of aromatic nitrogens is 1. The first kappa shape index (κ1) is 14.5. The number of rotatable bonds is 6. The zero-order chi connectivity index (χ0) is 14.4. The largest absolute Gasteiger partial charge is 0.497 e. The van der Waals surface area contributed by atoms with Crippen molar-refractivity contribution in [2.24, 2.45) is 0 Å². The molecule has 1 aromatic carbocycles. The number of anilines is 1. The van der Waals surface area contributed by atoms with Crippen LogP contribution in [0.2, 0.25) is 0 Å². The molecule has 0 saturated heterocycles. The van der Waals surface area contributed by atoms with Crippen LogP contribution in [0.4, 0.5) is 5.82 Å². The lowest BCUT2D eigenvalue weighted by Gasteiger charge is -2.10. The highest BCUT2D eigenvalue weighted by atomic mass is 79.9. The normalized spacial score (nSPS) is 10.1. The number of nitrogen functional groups attached to an aromatic ring is 1. The van der Waals surface area contributed by atoms with Crippen molar-refractivity contribution in [3.05, 3.63) is 41.0 Å². The quantitative estimate of drug-likeness (QED) is 0.820. The molecular weight excluding hydrogens is 324 g/mol. The molecule has 2 rings (SSSR count). The van der Waals surface area contributed by atoms with E-state index in [1.165, 1.54) is 0 Å². The van der Waals surface area contributed by atoms with Crippen LogP contribution in [-0.4, -0.2) is 25.3 Å². The molecule has 0 unspecified atom stereocenters. The topological polar surface area (TPSA) is 66.6 Å². The molecule has 0 aliphatic heterocycles. The van der Waals surface area contributed by atoms with Crippen LogP contribution in [0.1, 0.15) is 0 Å². The smallest absolute Gasteiger partial charge is 0.166 e. The zero-order valence-electron chi connectivity index (χ0n) is 11.0. The third-order valence-electron chi connectivity index (χ3n) is 2.52. The van der Waals surface area contributed by atoms with Crippen LogP contribution in [0.25, 0.3) is 0 Å². The van der Waals surface area contributed by atoms with E-state index in [1.54, 1.807) is 19.4 Å². The number of pyridine rings is 1. The highest BCUT2D eigenvalue weighted by Crippen LogP contribution is 2.23. The maximum absolute atomic E-state index is 5.70. The van der Waals surface area contributed by atoms with Crippen molar-refractivity contribution < 1.29 is 14.2 Å². The van der Waals surface area contributed by atoms with Gasteiger partial charge in [-0.05, 0) is 46.3 Å². The first-order valence-corrected chi connectivity index (χ1v) is 6.79. The van der Waals surface area contributed by atoms with Crippen molar-refractivity contribution in [2.75, 3.05) is 26.1 Å². The lowest BCUT2D eigenvalue weighted by molar-refractivity contribution is 0.217. The number of nitrogens with two attached hydrogens (primary N) is 1. The van der Waals surface area contributed by atoms with Crippen LogP contribution in [0, 0.1) is 0 Å². The van der Waals surface area contributed by atoms with E-state index in [9.17, 15) is 0 Å². The van der Waals surface area contributed by atoms with Crippen LogP contribution < -0.4 is 19.9 Å². The predicted molar refractivity (Wildman–Crippen MR) is 80.3 cm³/mol. The Labute approximate surface area is 125 Å². The molecule has 2 aromatic rings. The van der Waals surface area contributed by atoms with Gasteiger partial charge in [-0.1, -0.05) is 0 Å². The summed E-state index contributed by atoms with van der Waals surface area (Å²) in [6.07, 6.45) is 1.62. The van der Waals surface area contributed by atoms with E-state index in [2.05, 4.69) is 20.9 Å². The summed E-state index contributed by atoms with van der Waals surface area (Å²) >= 11 is 3.31. The van der Waals surface area contributed by atoms with Crippen molar-refractivity contribution in [1.29, 1.82) is 0 Å². The van der Waals surface area contributed by atoms with Gasteiger partial charge in [0.1, 0.15) is 24.7 Å². The van der Waals surface area contributed by atoms with E-state index in [4.69, 9.17) is 19.9 Å². The van der Waals surface area contributed by atoms with Gasteiger partial charge in [-0.25, -0.2) is 4.98 Å². The van der Waals surface area contributed by atoms with Crippen molar-refractivity contribution in [2.45, 2.75) is 0 Å². The molecule has 0 fully saturated rings. The number of methoxy groups -OCH3 is 1. The molecule has 1 aromatic heterocycles. The first-order chi connectivity index (χ1) is 9.69. The molecule has 5 nitrogen and oxygen atoms in total. The van der Waals surface area contributed by atoms with E-state index in [0.29, 0.717) is 24.8 Å². The molecule has 0 aliphatic rings. The fourth-order valence-corrected chi connectivity index (χ4v) is 1.84. The van der Waals surface area contributed by atoms with Gasteiger partial charge in [0.05, 0.1) is 7.11 Å². The summed E-state index contributed by atoms with van der Waals surface area (Å²) in [6.45, 7) is 0.798. The molecule has 0 radical (unpaired) electrons. The lowest BCUT2D eigenvalue weighted by atomic mass is 10.3. The van der Waals surface area contributed by atoms with Gasteiger partial charge in [0.15, 0.2) is 11.6 Å². The zero-order valence-corrected chi connectivity index (χ0v) is 12.6. The Hall–Kier alpha value is -1.95. The average molecular weight is 339 g/mol. The van der Waals surface area contributed by atoms with Crippen LogP contribution >= 0.6 is 15.9 Å². The highest BCUT2D eigenvalue weighted by Gasteiger charge is 2.03. The molecule has 0 saturated carbocycles. The van der Waals surface area contributed by atoms with E-state index in [1.807, 2.05) is 24.3 Å². The van der Waals surface area contributed by atoms with Gasteiger partial charge < -0.3 is 19.9 Å². The Bertz CT molecular complexity index is 561. The highest BCUT2D eigenvalue weighted by molar-refractivity contribution is 9.10. The van der Waals surface area contributed by atoms with Gasteiger partial charge in [0.25, 0.3) is 0 Å². The number of nitrogens with zero attached hydrogens (tertiary/aromatic N) is 1. The molecule has 0 atom stereocenters. The van der Waals surface area contributed by atoms with Gasteiger partial charge in [-0.15, -0.1) is 0 Å². The molecule has 0 amide bonds. The summed E-state index contributed by atoms with van der Waals surface area (Å²) in [5.74, 6) is 2.45. The maximum atomic E-state index is 5.70. The molecule has 0 spiro atoms. The average Bonchev–Trinajstić information content (AvgIpc) is 2.47. The maximum Gasteiger partial charge on any atom is 0.166 e. The van der Waals surface area contributed by atoms with Crippen molar-refractivity contribution in [3.8, 4) is 17.2 Å².